The lowest BCUT2D eigenvalue weighted by molar-refractivity contribution is -0.122. The van der Waals surface area contributed by atoms with E-state index < -0.39 is 9.84 Å². The average molecular weight is 262 g/mol. The van der Waals surface area contributed by atoms with E-state index in [1.165, 1.54) is 0 Å². The molecule has 1 heterocycles. The van der Waals surface area contributed by atoms with Crippen molar-refractivity contribution < 1.29 is 13.2 Å². The molecule has 0 aromatic carbocycles. The third kappa shape index (κ3) is 5.04. The first kappa shape index (κ1) is 14.4. The minimum absolute atomic E-state index is 0.0604. The highest BCUT2D eigenvalue weighted by atomic mass is 32.2. The Kier molecular flexibility index (Phi) is 5.39. The molecule has 2 unspecified atom stereocenters. The standard InChI is InChI=1S/C11H22N2O3S/c1-3-6-12-11(14)9(2)13-10-5-4-7-17(15,16)8-10/h9-10,13H,3-8H2,1-2H3,(H,12,14). The van der Waals surface area contributed by atoms with Gasteiger partial charge in [-0.15, -0.1) is 0 Å². The minimum Gasteiger partial charge on any atom is -0.355 e. The van der Waals surface area contributed by atoms with Crippen molar-refractivity contribution >= 4 is 15.7 Å². The molecule has 0 spiro atoms. The van der Waals surface area contributed by atoms with Crippen molar-refractivity contribution in [3.8, 4) is 0 Å². The molecule has 0 aliphatic carbocycles. The van der Waals surface area contributed by atoms with E-state index in [0.29, 0.717) is 13.0 Å². The van der Waals surface area contributed by atoms with Crippen LogP contribution in [-0.2, 0) is 14.6 Å². The molecule has 5 nitrogen and oxygen atoms in total. The topological polar surface area (TPSA) is 75.3 Å². The highest BCUT2D eigenvalue weighted by Gasteiger charge is 2.26. The van der Waals surface area contributed by atoms with Crippen molar-refractivity contribution in [2.75, 3.05) is 18.1 Å². The van der Waals surface area contributed by atoms with E-state index in [4.69, 9.17) is 0 Å². The number of carbonyl (C=O) groups is 1. The van der Waals surface area contributed by atoms with Crippen LogP contribution < -0.4 is 10.6 Å². The zero-order valence-corrected chi connectivity index (χ0v) is 11.3. The van der Waals surface area contributed by atoms with Crippen LogP contribution in [0.15, 0.2) is 0 Å². The molecule has 1 aliphatic rings. The van der Waals surface area contributed by atoms with Gasteiger partial charge in [-0.2, -0.15) is 0 Å². The van der Waals surface area contributed by atoms with Gasteiger partial charge >= 0.3 is 0 Å². The fraction of sp³-hybridized carbons (Fsp3) is 0.909. The molecule has 0 saturated carbocycles. The molecular weight excluding hydrogens is 240 g/mol. The van der Waals surface area contributed by atoms with Crippen LogP contribution in [-0.4, -0.2) is 44.5 Å². The second-order valence-corrected chi connectivity index (χ2v) is 6.86. The molecule has 17 heavy (non-hydrogen) atoms. The first-order valence-electron chi connectivity index (χ1n) is 6.19. The molecule has 0 radical (unpaired) electrons. The van der Waals surface area contributed by atoms with Gasteiger partial charge in [0.05, 0.1) is 17.5 Å². The van der Waals surface area contributed by atoms with E-state index in [2.05, 4.69) is 10.6 Å². The van der Waals surface area contributed by atoms with E-state index in [9.17, 15) is 13.2 Å². The van der Waals surface area contributed by atoms with Crippen LogP contribution in [0, 0.1) is 0 Å². The first-order valence-corrected chi connectivity index (χ1v) is 8.01. The summed E-state index contributed by atoms with van der Waals surface area (Å²) < 4.78 is 22.9. The van der Waals surface area contributed by atoms with Crippen LogP contribution in [0.4, 0.5) is 0 Å². The molecule has 1 amide bonds. The largest absolute Gasteiger partial charge is 0.355 e. The van der Waals surface area contributed by atoms with Crippen molar-refractivity contribution in [1.29, 1.82) is 0 Å². The summed E-state index contributed by atoms with van der Waals surface area (Å²) in [7, 11) is -2.91. The van der Waals surface area contributed by atoms with Gasteiger partial charge in [-0.05, 0) is 26.2 Å². The lowest BCUT2D eigenvalue weighted by Crippen LogP contribution is -2.50. The third-order valence-electron chi connectivity index (χ3n) is 2.89. The number of hydrogen-bond donors (Lipinski definition) is 2. The summed E-state index contributed by atoms with van der Waals surface area (Å²) in [5, 5.41) is 5.88. The van der Waals surface area contributed by atoms with Gasteiger partial charge in [-0.25, -0.2) is 8.42 Å². The van der Waals surface area contributed by atoms with Crippen molar-refractivity contribution in [1.82, 2.24) is 10.6 Å². The highest BCUT2D eigenvalue weighted by Crippen LogP contribution is 2.12. The second kappa shape index (κ2) is 6.35. The summed E-state index contributed by atoms with van der Waals surface area (Å²) in [5.74, 6) is 0.370. The maximum absolute atomic E-state index is 11.6. The molecule has 2 atom stereocenters. The number of sulfone groups is 1. The zero-order valence-electron chi connectivity index (χ0n) is 10.5. The fourth-order valence-corrected chi connectivity index (χ4v) is 3.63. The van der Waals surface area contributed by atoms with Crippen LogP contribution in [0.5, 0.6) is 0 Å². The summed E-state index contributed by atoms with van der Waals surface area (Å²) in [6.45, 7) is 4.42. The molecule has 2 N–H and O–H groups in total. The van der Waals surface area contributed by atoms with E-state index in [0.717, 1.165) is 12.8 Å². The van der Waals surface area contributed by atoms with Gasteiger partial charge < -0.3 is 10.6 Å². The molecule has 0 bridgehead atoms. The Morgan fingerprint density at radius 3 is 2.76 bits per heavy atom. The lowest BCUT2D eigenvalue weighted by atomic mass is 10.1. The van der Waals surface area contributed by atoms with E-state index in [-0.39, 0.29) is 29.5 Å². The Balaban J connectivity index is 2.40. The molecule has 1 rings (SSSR count). The Hall–Kier alpha value is -0.620. The lowest BCUT2D eigenvalue weighted by Gasteiger charge is -2.26. The maximum atomic E-state index is 11.6. The van der Waals surface area contributed by atoms with Gasteiger partial charge in [0.1, 0.15) is 0 Å². The molecule has 1 fully saturated rings. The van der Waals surface area contributed by atoms with Crippen LogP contribution >= 0.6 is 0 Å². The number of carbonyl (C=O) groups excluding carboxylic acids is 1. The van der Waals surface area contributed by atoms with Crippen molar-refractivity contribution in [2.24, 2.45) is 0 Å². The van der Waals surface area contributed by atoms with Gasteiger partial charge in [-0.3, -0.25) is 4.79 Å². The Labute approximate surface area is 103 Å². The smallest absolute Gasteiger partial charge is 0.236 e. The molecule has 0 aromatic rings. The fourth-order valence-electron chi connectivity index (χ4n) is 1.98. The van der Waals surface area contributed by atoms with Gasteiger partial charge in [0.15, 0.2) is 9.84 Å². The number of rotatable bonds is 5. The van der Waals surface area contributed by atoms with Gasteiger partial charge in [0, 0.05) is 12.6 Å². The monoisotopic (exact) mass is 262 g/mol. The van der Waals surface area contributed by atoms with E-state index >= 15 is 0 Å². The Morgan fingerprint density at radius 2 is 2.18 bits per heavy atom. The number of nitrogens with one attached hydrogen (secondary N) is 2. The summed E-state index contributed by atoms with van der Waals surface area (Å²) in [6.07, 6.45) is 2.41. The average Bonchev–Trinajstić information content (AvgIpc) is 2.24. The highest BCUT2D eigenvalue weighted by molar-refractivity contribution is 7.91. The van der Waals surface area contributed by atoms with Crippen molar-refractivity contribution in [2.45, 2.75) is 45.2 Å². The normalized spacial score (nSPS) is 25.2. The van der Waals surface area contributed by atoms with Crippen molar-refractivity contribution in [3.63, 3.8) is 0 Å². The molecule has 1 saturated heterocycles. The zero-order chi connectivity index (χ0) is 12.9. The van der Waals surface area contributed by atoms with E-state index in [1.54, 1.807) is 6.92 Å². The summed E-state index contributed by atoms with van der Waals surface area (Å²) in [5.41, 5.74) is 0. The predicted octanol–water partition coefficient (Wildman–Crippen LogP) is 0.0679. The first-order chi connectivity index (χ1) is 7.94. The predicted molar refractivity (Wildman–Crippen MR) is 67.6 cm³/mol. The second-order valence-electron chi connectivity index (χ2n) is 4.63. The SMILES string of the molecule is CCCNC(=O)C(C)NC1CCCS(=O)(=O)C1. The maximum Gasteiger partial charge on any atom is 0.236 e. The Bertz CT molecular complexity index is 354. The molecule has 0 aromatic heterocycles. The van der Waals surface area contributed by atoms with E-state index in [1.807, 2.05) is 6.92 Å². The number of hydrogen-bond acceptors (Lipinski definition) is 4. The van der Waals surface area contributed by atoms with Crippen LogP contribution in [0.1, 0.15) is 33.1 Å². The van der Waals surface area contributed by atoms with Gasteiger partial charge in [0.2, 0.25) is 5.91 Å². The summed E-state index contributed by atoms with van der Waals surface area (Å²) in [6, 6.07) is -0.420. The quantitative estimate of drug-likeness (QED) is 0.735. The molecular formula is C11H22N2O3S. The van der Waals surface area contributed by atoms with Crippen LogP contribution in [0.3, 0.4) is 0 Å². The van der Waals surface area contributed by atoms with Crippen LogP contribution in [0.2, 0.25) is 0 Å². The van der Waals surface area contributed by atoms with Crippen LogP contribution in [0.25, 0.3) is 0 Å². The summed E-state index contributed by atoms with van der Waals surface area (Å²) >= 11 is 0. The Morgan fingerprint density at radius 1 is 1.47 bits per heavy atom. The van der Waals surface area contributed by atoms with Gasteiger partial charge in [0.25, 0.3) is 0 Å². The molecule has 6 heteroatoms. The molecule has 1 aliphatic heterocycles. The van der Waals surface area contributed by atoms with Crippen molar-refractivity contribution in [3.05, 3.63) is 0 Å². The third-order valence-corrected chi connectivity index (χ3v) is 4.71. The molecule has 100 valence electrons. The summed E-state index contributed by atoms with van der Waals surface area (Å²) in [4.78, 5) is 11.6. The number of amides is 1. The minimum atomic E-state index is -2.91. The van der Waals surface area contributed by atoms with Gasteiger partial charge in [-0.1, -0.05) is 6.92 Å².